The molecule has 0 radical (unpaired) electrons. The molecule has 0 unspecified atom stereocenters. The number of β-lactam (4-membered cyclic amide) rings is 1. The van der Waals surface area contributed by atoms with Gasteiger partial charge in [0.15, 0.2) is 14.0 Å². The van der Waals surface area contributed by atoms with Crippen LogP contribution in [0.3, 0.4) is 0 Å². The van der Waals surface area contributed by atoms with Gasteiger partial charge >= 0.3 is 5.97 Å². The Morgan fingerprint density at radius 1 is 1.42 bits per heavy atom. The van der Waals surface area contributed by atoms with Gasteiger partial charge in [0.1, 0.15) is 0 Å². The van der Waals surface area contributed by atoms with E-state index in [1.807, 2.05) is 6.92 Å². The van der Waals surface area contributed by atoms with Gasteiger partial charge in [-0.2, -0.15) is 0 Å². The molecule has 0 aliphatic carbocycles. The number of fused-ring (bicyclic) bond motifs is 1. The number of hydrogen-bond donors (Lipinski definition) is 1. The largest absolute Gasteiger partial charge is 0.477 e. The minimum Gasteiger partial charge on any atom is -0.477 e. The summed E-state index contributed by atoms with van der Waals surface area (Å²) in [5, 5.41) is 9.49. The second-order valence-corrected chi connectivity index (χ2v) is 15.1. The lowest BCUT2D eigenvalue weighted by Gasteiger charge is -2.43. The van der Waals surface area contributed by atoms with Crippen LogP contribution in [0.4, 0.5) is 0 Å². The quantitative estimate of drug-likeness (QED) is 0.525. The summed E-state index contributed by atoms with van der Waals surface area (Å²) in [6, 6.07) is 0. The fourth-order valence-electron chi connectivity index (χ4n) is 2.51. The van der Waals surface area contributed by atoms with Crippen LogP contribution in [0.1, 0.15) is 34.1 Å². The van der Waals surface area contributed by atoms with E-state index >= 15 is 0 Å². The van der Waals surface area contributed by atoms with E-state index in [1.54, 1.807) is 0 Å². The molecular formula is C16H27NO4S2Si. The minimum absolute atomic E-state index is 0.0688. The Morgan fingerprint density at radius 3 is 2.54 bits per heavy atom. The predicted octanol–water partition coefficient (Wildman–Crippen LogP) is 3.94. The zero-order chi connectivity index (χ0) is 18.3. The standard InChI is InChI=1S/C16H27NO4S2Si/c1-7-22-15-11(14(19)20)17-12(18)10(13(17)23-15)8-9-21-24(5,6)16(2,3)4/h10,13H,7-9H2,1-6H3,(H,19,20)/t10-,13-/m0/s1. The van der Waals surface area contributed by atoms with Gasteiger partial charge in [-0.15, -0.1) is 11.8 Å². The third-order valence-electron chi connectivity index (χ3n) is 4.99. The van der Waals surface area contributed by atoms with Crippen LogP contribution in [-0.2, 0) is 14.0 Å². The Labute approximate surface area is 153 Å². The lowest BCUT2D eigenvalue weighted by Crippen LogP contribution is -2.57. The molecule has 2 atom stereocenters. The molecule has 0 bridgehead atoms. The number of aliphatic carboxylic acids is 1. The molecule has 2 aliphatic heterocycles. The first kappa shape index (κ1) is 19.9. The molecule has 24 heavy (non-hydrogen) atoms. The summed E-state index contributed by atoms with van der Waals surface area (Å²) in [5.74, 6) is -0.419. The van der Waals surface area contributed by atoms with E-state index in [-0.39, 0.29) is 27.9 Å². The summed E-state index contributed by atoms with van der Waals surface area (Å²) in [6.45, 7) is 13.5. The highest BCUT2D eigenvalue weighted by molar-refractivity contribution is 8.22. The second-order valence-electron chi connectivity index (χ2n) is 7.59. The van der Waals surface area contributed by atoms with Gasteiger partial charge in [0, 0.05) is 6.61 Å². The number of nitrogens with zero attached hydrogens (tertiary/aromatic N) is 1. The summed E-state index contributed by atoms with van der Waals surface area (Å²) in [6.07, 6.45) is 0.663. The molecule has 0 aromatic heterocycles. The van der Waals surface area contributed by atoms with Gasteiger partial charge in [-0.3, -0.25) is 9.69 Å². The normalized spacial score (nSPS) is 24.2. The van der Waals surface area contributed by atoms with Gasteiger partial charge in [-0.25, -0.2) is 4.79 Å². The van der Waals surface area contributed by atoms with Gasteiger partial charge in [0.2, 0.25) is 5.91 Å². The fraction of sp³-hybridized carbons (Fsp3) is 0.750. The molecule has 2 heterocycles. The van der Waals surface area contributed by atoms with Crippen LogP contribution in [0.5, 0.6) is 0 Å². The highest BCUT2D eigenvalue weighted by Crippen LogP contribution is 2.53. The predicted molar refractivity (Wildman–Crippen MR) is 102 cm³/mol. The maximum absolute atomic E-state index is 12.4. The molecule has 2 rings (SSSR count). The molecule has 0 aromatic rings. The topological polar surface area (TPSA) is 66.8 Å². The number of carbonyl (C=O) groups excluding carboxylic acids is 1. The summed E-state index contributed by atoms with van der Waals surface area (Å²) < 4.78 is 6.93. The third-order valence-corrected chi connectivity index (χ3v) is 12.1. The zero-order valence-electron chi connectivity index (χ0n) is 15.2. The second kappa shape index (κ2) is 7.05. The van der Waals surface area contributed by atoms with Crippen LogP contribution in [0, 0.1) is 5.92 Å². The first-order valence-corrected chi connectivity index (χ1v) is 13.0. The molecule has 1 fully saturated rings. The van der Waals surface area contributed by atoms with Gasteiger partial charge in [0.05, 0.1) is 15.5 Å². The van der Waals surface area contributed by atoms with Gasteiger partial charge in [0.25, 0.3) is 0 Å². The van der Waals surface area contributed by atoms with Crippen molar-refractivity contribution in [3.63, 3.8) is 0 Å². The van der Waals surface area contributed by atoms with Crippen molar-refractivity contribution < 1.29 is 19.1 Å². The van der Waals surface area contributed by atoms with Crippen LogP contribution >= 0.6 is 23.5 Å². The van der Waals surface area contributed by atoms with Crippen molar-refractivity contribution in [3.05, 3.63) is 9.93 Å². The summed E-state index contributed by atoms with van der Waals surface area (Å²) in [7, 11) is -1.81. The number of carboxylic acids is 1. The Balaban J connectivity index is 1.96. The van der Waals surface area contributed by atoms with E-state index in [0.29, 0.717) is 13.0 Å². The monoisotopic (exact) mass is 389 g/mol. The van der Waals surface area contributed by atoms with Crippen molar-refractivity contribution in [2.45, 2.75) is 57.6 Å². The maximum atomic E-state index is 12.4. The van der Waals surface area contributed by atoms with E-state index < -0.39 is 14.3 Å². The highest BCUT2D eigenvalue weighted by Gasteiger charge is 2.55. The summed E-state index contributed by atoms with van der Waals surface area (Å²) in [4.78, 5) is 25.4. The van der Waals surface area contributed by atoms with Crippen LogP contribution in [-0.4, -0.2) is 47.9 Å². The van der Waals surface area contributed by atoms with Crippen LogP contribution in [0.15, 0.2) is 9.93 Å². The number of rotatable bonds is 7. The smallest absolute Gasteiger partial charge is 0.354 e. The van der Waals surface area contributed by atoms with Crippen molar-refractivity contribution in [2.24, 2.45) is 5.92 Å². The average Bonchev–Trinajstić information content (AvgIpc) is 2.78. The highest BCUT2D eigenvalue weighted by atomic mass is 32.2. The summed E-state index contributed by atoms with van der Waals surface area (Å²) >= 11 is 3.02. The van der Waals surface area contributed by atoms with Crippen molar-refractivity contribution in [2.75, 3.05) is 12.4 Å². The van der Waals surface area contributed by atoms with Crippen molar-refractivity contribution in [1.29, 1.82) is 0 Å². The lowest BCUT2D eigenvalue weighted by atomic mass is 9.94. The lowest BCUT2D eigenvalue weighted by molar-refractivity contribution is -0.152. The molecule has 8 heteroatoms. The Bertz CT molecular complexity index is 571. The Kier molecular flexibility index (Phi) is 5.84. The maximum Gasteiger partial charge on any atom is 0.354 e. The molecule has 1 amide bonds. The molecule has 0 spiro atoms. The van der Waals surface area contributed by atoms with E-state index in [9.17, 15) is 14.7 Å². The first-order valence-electron chi connectivity index (χ1n) is 8.25. The van der Waals surface area contributed by atoms with Gasteiger partial charge in [-0.05, 0) is 30.3 Å². The molecular weight excluding hydrogens is 362 g/mol. The first-order chi connectivity index (χ1) is 11.0. The number of hydrogen-bond acceptors (Lipinski definition) is 5. The third kappa shape index (κ3) is 3.56. The minimum atomic E-state index is -1.81. The number of thioether (sulfide) groups is 2. The van der Waals surface area contributed by atoms with Crippen molar-refractivity contribution in [3.8, 4) is 0 Å². The van der Waals surface area contributed by atoms with Gasteiger partial charge < -0.3 is 9.53 Å². The molecule has 5 nitrogen and oxygen atoms in total. The van der Waals surface area contributed by atoms with E-state index in [1.165, 1.54) is 28.4 Å². The molecule has 0 saturated carbocycles. The zero-order valence-corrected chi connectivity index (χ0v) is 17.8. The molecule has 0 aromatic carbocycles. The van der Waals surface area contributed by atoms with E-state index in [0.717, 1.165) is 9.99 Å². The molecule has 136 valence electrons. The molecule has 1 saturated heterocycles. The Hall–Kier alpha value is -0.443. The molecule has 2 aliphatic rings. The number of carboxylic acid groups (broad SMARTS) is 1. The number of carbonyl (C=O) groups is 2. The SMILES string of the molecule is CCSC1=C(C(=O)O)N2C(=O)[C@H](CCO[Si](C)(C)C(C)(C)C)[C@@H]2S1. The average molecular weight is 390 g/mol. The van der Waals surface area contributed by atoms with E-state index in [4.69, 9.17) is 4.43 Å². The molecule has 1 N–H and O–H groups in total. The summed E-state index contributed by atoms with van der Waals surface area (Å²) in [5.41, 5.74) is 0.170. The number of amides is 1. The van der Waals surface area contributed by atoms with Crippen molar-refractivity contribution in [1.82, 2.24) is 4.90 Å². The van der Waals surface area contributed by atoms with Crippen LogP contribution < -0.4 is 0 Å². The Morgan fingerprint density at radius 2 is 2.04 bits per heavy atom. The van der Waals surface area contributed by atoms with Crippen LogP contribution in [0.25, 0.3) is 0 Å². The fourth-order valence-corrected chi connectivity index (χ4v) is 6.32. The van der Waals surface area contributed by atoms with Gasteiger partial charge in [-0.1, -0.05) is 39.5 Å². The van der Waals surface area contributed by atoms with Crippen molar-refractivity contribution >= 4 is 43.7 Å². The van der Waals surface area contributed by atoms with E-state index in [2.05, 4.69) is 33.9 Å². The van der Waals surface area contributed by atoms with Crippen LogP contribution in [0.2, 0.25) is 18.1 Å².